The first-order chi connectivity index (χ1) is 10.6. The van der Waals surface area contributed by atoms with Gasteiger partial charge in [-0.2, -0.15) is 5.26 Å². The van der Waals surface area contributed by atoms with Crippen molar-refractivity contribution >= 4 is 16.7 Å². The van der Waals surface area contributed by atoms with Gasteiger partial charge in [0.05, 0.1) is 17.2 Å². The van der Waals surface area contributed by atoms with Crippen LogP contribution in [0.25, 0.3) is 21.9 Å². The van der Waals surface area contributed by atoms with Crippen LogP contribution < -0.4 is 0 Å². The molecule has 2 aromatic carbocycles. The Balaban J connectivity index is 2.45. The Hall–Kier alpha value is -3.26. The maximum Gasteiger partial charge on any atom is 0.335 e. The van der Waals surface area contributed by atoms with Crippen LogP contribution in [0.15, 0.2) is 48.8 Å². The molecule has 0 aliphatic rings. The summed E-state index contributed by atoms with van der Waals surface area (Å²) in [4.78, 5) is 15.1. The van der Waals surface area contributed by atoms with Gasteiger partial charge in [-0.05, 0) is 41.3 Å². The van der Waals surface area contributed by atoms with E-state index in [0.29, 0.717) is 16.3 Å². The van der Waals surface area contributed by atoms with Gasteiger partial charge in [0.2, 0.25) is 0 Å². The normalized spacial score (nSPS) is 10.4. The van der Waals surface area contributed by atoms with E-state index >= 15 is 0 Å². The third-order valence-electron chi connectivity index (χ3n) is 3.43. The standard InChI is InChI=1S/C17H9FN2O2/c18-15-8-12(9-19)13-2-1-11(17(21)22)7-14(13)16(15)10-3-5-20-6-4-10/h1-8H,(H,21,22). The summed E-state index contributed by atoms with van der Waals surface area (Å²) in [6, 6.07) is 10.7. The topological polar surface area (TPSA) is 74.0 Å². The number of nitriles is 1. The van der Waals surface area contributed by atoms with Gasteiger partial charge in [0.25, 0.3) is 0 Å². The average Bonchev–Trinajstić information content (AvgIpc) is 2.54. The Morgan fingerprint density at radius 2 is 1.86 bits per heavy atom. The molecule has 0 aliphatic heterocycles. The van der Waals surface area contributed by atoms with Crippen LogP contribution in [0, 0.1) is 17.1 Å². The molecule has 0 unspecified atom stereocenters. The fourth-order valence-corrected chi connectivity index (χ4v) is 2.43. The van der Waals surface area contributed by atoms with Gasteiger partial charge in [-0.15, -0.1) is 0 Å². The average molecular weight is 292 g/mol. The number of hydrogen-bond acceptors (Lipinski definition) is 3. The van der Waals surface area contributed by atoms with Crippen LogP contribution in [0.5, 0.6) is 0 Å². The second kappa shape index (κ2) is 5.26. The van der Waals surface area contributed by atoms with Crippen molar-refractivity contribution in [2.24, 2.45) is 0 Å². The maximum atomic E-state index is 14.5. The molecular weight excluding hydrogens is 283 g/mol. The molecule has 0 radical (unpaired) electrons. The Morgan fingerprint density at radius 1 is 1.14 bits per heavy atom. The molecule has 5 heteroatoms. The highest BCUT2D eigenvalue weighted by atomic mass is 19.1. The number of benzene rings is 2. The summed E-state index contributed by atoms with van der Waals surface area (Å²) in [7, 11) is 0. The predicted octanol–water partition coefficient (Wildman–Crippen LogP) is 3.61. The zero-order valence-electron chi connectivity index (χ0n) is 11.2. The summed E-state index contributed by atoms with van der Waals surface area (Å²) in [5.74, 6) is -1.68. The first-order valence-electron chi connectivity index (χ1n) is 6.42. The fourth-order valence-electron chi connectivity index (χ4n) is 2.43. The fraction of sp³-hybridized carbons (Fsp3) is 0. The number of halogens is 1. The van der Waals surface area contributed by atoms with E-state index in [2.05, 4.69) is 4.98 Å². The van der Waals surface area contributed by atoms with Crippen molar-refractivity contribution in [3.63, 3.8) is 0 Å². The number of carboxylic acids is 1. The largest absolute Gasteiger partial charge is 0.478 e. The van der Waals surface area contributed by atoms with Gasteiger partial charge in [0.1, 0.15) is 5.82 Å². The summed E-state index contributed by atoms with van der Waals surface area (Å²) in [5, 5.41) is 19.2. The quantitative estimate of drug-likeness (QED) is 0.783. The van der Waals surface area contributed by atoms with Crippen molar-refractivity contribution in [1.29, 1.82) is 5.26 Å². The van der Waals surface area contributed by atoms with E-state index in [4.69, 9.17) is 10.4 Å². The molecule has 0 aliphatic carbocycles. The molecule has 0 saturated heterocycles. The third kappa shape index (κ3) is 2.17. The highest BCUT2D eigenvalue weighted by molar-refractivity contribution is 6.03. The van der Waals surface area contributed by atoms with Crippen LogP contribution in [0.4, 0.5) is 4.39 Å². The lowest BCUT2D eigenvalue weighted by atomic mass is 9.94. The van der Waals surface area contributed by atoms with Gasteiger partial charge >= 0.3 is 5.97 Å². The Kier molecular flexibility index (Phi) is 3.28. The van der Waals surface area contributed by atoms with E-state index in [1.165, 1.54) is 36.7 Å². The molecule has 0 atom stereocenters. The monoisotopic (exact) mass is 292 g/mol. The van der Waals surface area contributed by atoms with Gasteiger partial charge in [-0.25, -0.2) is 9.18 Å². The number of hydrogen-bond donors (Lipinski definition) is 1. The second-order valence-corrected chi connectivity index (χ2v) is 4.69. The Labute approximate surface area is 125 Å². The van der Waals surface area contributed by atoms with Gasteiger partial charge in [0, 0.05) is 23.3 Å². The van der Waals surface area contributed by atoms with Crippen LogP contribution in [-0.2, 0) is 0 Å². The van der Waals surface area contributed by atoms with E-state index in [0.717, 1.165) is 0 Å². The van der Waals surface area contributed by atoms with Crippen LogP contribution in [0.3, 0.4) is 0 Å². The number of carbonyl (C=O) groups is 1. The molecule has 3 aromatic rings. The lowest BCUT2D eigenvalue weighted by molar-refractivity contribution is 0.0697. The van der Waals surface area contributed by atoms with Gasteiger partial charge in [-0.1, -0.05) is 6.07 Å². The number of nitrogens with zero attached hydrogens (tertiary/aromatic N) is 2. The van der Waals surface area contributed by atoms with E-state index < -0.39 is 11.8 Å². The summed E-state index contributed by atoms with van der Waals surface area (Å²) < 4.78 is 14.5. The van der Waals surface area contributed by atoms with Gasteiger partial charge < -0.3 is 5.11 Å². The SMILES string of the molecule is N#Cc1cc(F)c(-c2ccncc2)c2cc(C(=O)O)ccc12. The molecule has 0 bridgehead atoms. The van der Waals surface area contributed by atoms with Crippen LogP contribution >= 0.6 is 0 Å². The van der Waals surface area contributed by atoms with Gasteiger partial charge in [0.15, 0.2) is 0 Å². The zero-order chi connectivity index (χ0) is 15.7. The number of fused-ring (bicyclic) bond motifs is 1. The summed E-state index contributed by atoms with van der Waals surface area (Å²) in [6.45, 7) is 0. The smallest absolute Gasteiger partial charge is 0.335 e. The maximum absolute atomic E-state index is 14.5. The summed E-state index contributed by atoms with van der Waals surface area (Å²) in [6.07, 6.45) is 3.06. The van der Waals surface area contributed by atoms with Gasteiger partial charge in [-0.3, -0.25) is 4.98 Å². The minimum Gasteiger partial charge on any atom is -0.478 e. The molecule has 1 N–H and O–H groups in total. The van der Waals surface area contributed by atoms with Crippen LogP contribution in [-0.4, -0.2) is 16.1 Å². The Bertz CT molecular complexity index is 931. The van der Waals surface area contributed by atoms with Crippen molar-refractivity contribution in [1.82, 2.24) is 4.98 Å². The molecule has 4 nitrogen and oxygen atoms in total. The van der Waals surface area contributed by atoms with E-state index in [1.54, 1.807) is 12.1 Å². The lowest BCUT2D eigenvalue weighted by Crippen LogP contribution is -1.98. The molecule has 3 rings (SSSR count). The minimum absolute atomic E-state index is 0.0392. The number of aromatic nitrogens is 1. The van der Waals surface area contributed by atoms with Crippen LogP contribution in [0.2, 0.25) is 0 Å². The molecular formula is C17H9FN2O2. The molecule has 0 saturated carbocycles. The Morgan fingerprint density at radius 3 is 2.50 bits per heavy atom. The first-order valence-corrected chi connectivity index (χ1v) is 6.42. The molecule has 1 aromatic heterocycles. The zero-order valence-corrected chi connectivity index (χ0v) is 11.2. The van der Waals surface area contributed by atoms with Crippen molar-refractivity contribution in [3.8, 4) is 17.2 Å². The van der Waals surface area contributed by atoms with E-state index in [1.807, 2.05) is 6.07 Å². The summed E-state index contributed by atoms with van der Waals surface area (Å²) in [5.41, 5.74) is 1.04. The number of rotatable bonds is 2. The van der Waals surface area contributed by atoms with Crippen LogP contribution in [0.1, 0.15) is 15.9 Å². The lowest BCUT2D eigenvalue weighted by Gasteiger charge is -2.10. The predicted molar refractivity (Wildman–Crippen MR) is 78.8 cm³/mol. The van der Waals surface area contributed by atoms with Crippen molar-refractivity contribution < 1.29 is 14.3 Å². The third-order valence-corrected chi connectivity index (χ3v) is 3.43. The van der Waals surface area contributed by atoms with E-state index in [9.17, 15) is 9.18 Å². The molecule has 106 valence electrons. The highest BCUT2D eigenvalue weighted by Gasteiger charge is 2.16. The molecule has 1 heterocycles. The molecule has 0 amide bonds. The number of carboxylic acid groups (broad SMARTS) is 1. The molecule has 22 heavy (non-hydrogen) atoms. The molecule has 0 fully saturated rings. The summed E-state index contributed by atoms with van der Waals surface area (Å²) >= 11 is 0. The van der Waals surface area contributed by atoms with E-state index in [-0.39, 0.29) is 16.7 Å². The number of pyridine rings is 1. The van der Waals surface area contributed by atoms with Crippen molar-refractivity contribution in [2.75, 3.05) is 0 Å². The number of aromatic carboxylic acids is 1. The van der Waals surface area contributed by atoms with Crippen molar-refractivity contribution in [2.45, 2.75) is 0 Å². The molecule has 0 spiro atoms. The minimum atomic E-state index is -1.11. The van der Waals surface area contributed by atoms with Crippen molar-refractivity contribution in [3.05, 3.63) is 65.7 Å². The highest BCUT2D eigenvalue weighted by Crippen LogP contribution is 2.33. The second-order valence-electron chi connectivity index (χ2n) is 4.69. The first kappa shape index (κ1) is 13.7.